The molecule has 0 heterocycles. The van der Waals surface area contributed by atoms with Crippen LogP contribution in [0.25, 0.3) is 11.1 Å². The van der Waals surface area contributed by atoms with Gasteiger partial charge in [0.25, 0.3) is 5.91 Å². The van der Waals surface area contributed by atoms with Crippen molar-refractivity contribution in [2.75, 3.05) is 0 Å². The van der Waals surface area contributed by atoms with E-state index < -0.39 is 5.97 Å². The zero-order valence-corrected chi connectivity index (χ0v) is 12.9. The predicted octanol–water partition coefficient (Wildman–Crippen LogP) is 3.50. The summed E-state index contributed by atoms with van der Waals surface area (Å²) in [5, 5.41) is 11.8. The number of rotatable bonds is 4. The number of carbonyl (C=O) groups is 2. The van der Waals surface area contributed by atoms with Crippen LogP contribution < -0.4 is 5.32 Å². The van der Waals surface area contributed by atoms with E-state index >= 15 is 0 Å². The molecule has 0 bridgehead atoms. The van der Waals surface area contributed by atoms with Crippen molar-refractivity contribution in [1.29, 1.82) is 0 Å². The molecule has 0 aromatic heterocycles. The van der Waals surface area contributed by atoms with E-state index in [9.17, 15) is 9.59 Å². The van der Waals surface area contributed by atoms with Gasteiger partial charge in [-0.05, 0) is 61.7 Å². The van der Waals surface area contributed by atoms with E-state index in [0.29, 0.717) is 5.56 Å². The summed E-state index contributed by atoms with van der Waals surface area (Å²) in [6.07, 6.45) is 0. The van der Waals surface area contributed by atoms with Gasteiger partial charge in [0.15, 0.2) is 0 Å². The summed E-state index contributed by atoms with van der Waals surface area (Å²) in [5.41, 5.74) is 3.69. The van der Waals surface area contributed by atoms with Crippen LogP contribution in [-0.2, 0) is 0 Å². The van der Waals surface area contributed by atoms with Gasteiger partial charge in [-0.25, -0.2) is 4.79 Å². The molecule has 0 radical (unpaired) electrons. The lowest BCUT2D eigenvalue weighted by molar-refractivity contribution is 0.0696. The maximum Gasteiger partial charge on any atom is 0.335 e. The highest BCUT2D eigenvalue weighted by atomic mass is 16.4. The summed E-state index contributed by atoms with van der Waals surface area (Å²) >= 11 is 0. The van der Waals surface area contributed by atoms with Crippen molar-refractivity contribution in [2.45, 2.75) is 26.8 Å². The number of benzene rings is 2. The van der Waals surface area contributed by atoms with E-state index in [1.165, 1.54) is 0 Å². The highest BCUT2D eigenvalue weighted by Crippen LogP contribution is 2.25. The van der Waals surface area contributed by atoms with Gasteiger partial charge in [-0.2, -0.15) is 0 Å². The van der Waals surface area contributed by atoms with E-state index in [1.807, 2.05) is 32.9 Å². The molecule has 0 aliphatic heterocycles. The molecule has 2 rings (SSSR count). The van der Waals surface area contributed by atoms with E-state index in [1.54, 1.807) is 30.3 Å². The Bertz CT molecular complexity index is 703. The van der Waals surface area contributed by atoms with Crippen molar-refractivity contribution in [3.05, 3.63) is 59.2 Å². The lowest BCUT2D eigenvalue weighted by Crippen LogP contribution is -2.30. The Labute approximate surface area is 129 Å². The molecule has 0 saturated carbocycles. The molecular weight excluding hydrogens is 278 g/mol. The predicted molar refractivity (Wildman–Crippen MR) is 86.2 cm³/mol. The molecule has 0 saturated heterocycles. The fraction of sp³-hybridized carbons (Fsp3) is 0.222. The van der Waals surface area contributed by atoms with Gasteiger partial charge < -0.3 is 10.4 Å². The van der Waals surface area contributed by atoms with Crippen molar-refractivity contribution in [3.63, 3.8) is 0 Å². The Balaban J connectivity index is 2.38. The molecular formula is C18H19NO3. The van der Waals surface area contributed by atoms with Gasteiger partial charge in [0.2, 0.25) is 0 Å². The first-order valence-electron chi connectivity index (χ1n) is 7.13. The normalized spacial score (nSPS) is 10.5. The van der Waals surface area contributed by atoms with E-state index in [-0.39, 0.29) is 17.5 Å². The van der Waals surface area contributed by atoms with Crippen LogP contribution >= 0.6 is 0 Å². The molecule has 4 heteroatoms. The fourth-order valence-electron chi connectivity index (χ4n) is 2.21. The molecule has 0 aliphatic rings. The Morgan fingerprint density at radius 1 is 1.00 bits per heavy atom. The summed E-state index contributed by atoms with van der Waals surface area (Å²) in [7, 11) is 0. The van der Waals surface area contributed by atoms with Crippen LogP contribution in [0.5, 0.6) is 0 Å². The molecule has 22 heavy (non-hydrogen) atoms. The molecule has 1 amide bonds. The molecule has 2 aromatic carbocycles. The summed E-state index contributed by atoms with van der Waals surface area (Å²) in [6.45, 7) is 5.79. The van der Waals surface area contributed by atoms with Crippen LogP contribution in [0.4, 0.5) is 0 Å². The fourth-order valence-corrected chi connectivity index (χ4v) is 2.21. The van der Waals surface area contributed by atoms with E-state index in [2.05, 4.69) is 5.32 Å². The zero-order chi connectivity index (χ0) is 16.3. The smallest absolute Gasteiger partial charge is 0.335 e. The number of hydrogen-bond donors (Lipinski definition) is 2. The molecule has 2 aromatic rings. The SMILES string of the molecule is Cc1ccc(C(=O)NC(C)C)cc1-c1ccc(C(=O)O)cc1. The van der Waals surface area contributed by atoms with Gasteiger partial charge in [-0.3, -0.25) is 4.79 Å². The number of amides is 1. The molecule has 0 atom stereocenters. The van der Waals surface area contributed by atoms with Gasteiger partial charge >= 0.3 is 5.97 Å². The molecule has 2 N–H and O–H groups in total. The molecule has 0 fully saturated rings. The van der Waals surface area contributed by atoms with Crippen molar-refractivity contribution in [1.82, 2.24) is 5.32 Å². The van der Waals surface area contributed by atoms with E-state index in [0.717, 1.165) is 16.7 Å². The third-order valence-corrected chi connectivity index (χ3v) is 3.36. The van der Waals surface area contributed by atoms with Crippen LogP contribution in [0.2, 0.25) is 0 Å². The Kier molecular flexibility index (Phi) is 4.61. The number of nitrogens with one attached hydrogen (secondary N) is 1. The van der Waals surface area contributed by atoms with Crippen LogP contribution in [0.1, 0.15) is 40.1 Å². The largest absolute Gasteiger partial charge is 0.478 e. The number of carboxylic acid groups (broad SMARTS) is 1. The second-order valence-electron chi connectivity index (χ2n) is 5.54. The van der Waals surface area contributed by atoms with Crippen LogP contribution in [0.3, 0.4) is 0 Å². The average molecular weight is 297 g/mol. The van der Waals surface area contributed by atoms with Crippen molar-refractivity contribution < 1.29 is 14.7 Å². The minimum absolute atomic E-state index is 0.0760. The molecule has 4 nitrogen and oxygen atoms in total. The summed E-state index contributed by atoms with van der Waals surface area (Å²) in [4.78, 5) is 23.0. The number of aromatic carboxylic acids is 1. The Hall–Kier alpha value is -2.62. The molecule has 0 spiro atoms. The summed E-state index contributed by atoms with van der Waals surface area (Å²) in [5.74, 6) is -1.06. The monoisotopic (exact) mass is 297 g/mol. The zero-order valence-electron chi connectivity index (χ0n) is 12.9. The van der Waals surface area contributed by atoms with E-state index in [4.69, 9.17) is 5.11 Å². The van der Waals surface area contributed by atoms with Crippen LogP contribution in [0, 0.1) is 6.92 Å². The van der Waals surface area contributed by atoms with Gasteiger partial charge in [0.1, 0.15) is 0 Å². The van der Waals surface area contributed by atoms with Gasteiger partial charge in [-0.15, -0.1) is 0 Å². The average Bonchev–Trinajstić information content (AvgIpc) is 2.47. The minimum Gasteiger partial charge on any atom is -0.478 e. The first-order chi connectivity index (χ1) is 10.4. The van der Waals surface area contributed by atoms with Crippen molar-refractivity contribution in [2.24, 2.45) is 0 Å². The highest BCUT2D eigenvalue weighted by molar-refractivity contribution is 5.96. The summed E-state index contributed by atoms with van der Waals surface area (Å²) in [6, 6.07) is 12.3. The first kappa shape index (κ1) is 15.8. The standard InChI is InChI=1S/C18H19NO3/c1-11(2)19-17(20)15-5-4-12(3)16(10-15)13-6-8-14(9-7-13)18(21)22/h4-11H,1-3H3,(H,19,20)(H,21,22). The molecule has 0 unspecified atom stereocenters. The van der Waals surface area contributed by atoms with Crippen LogP contribution in [-0.4, -0.2) is 23.0 Å². The Morgan fingerprint density at radius 3 is 2.14 bits per heavy atom. The number of carbonyl (C=O) groups excluding carboxylic acids is 1. The highest BCUT2D eigenvalue weighted by Gasteiger charge is 2.11. The third-order valence-electron chi connectivity index (χ3n) is 3.36. The van der Waals surface area contributed by atoms with Crippen molar-refractivity contribution in [3.8, 4) is 11.1 Å². The lowest BCUT2D eigenvalue weighted by atomic mass is 9.97. The number of hydrogen-bond acceptors (Lipinski definition) is 2. The molecule has 0 aliphatic carbocycles. The van der Waals surface area contributed by atoms with Gasteiger partial charge in [0.05, 0.1) is 5.56 Å². The Morgan fingerprint density at radius 2 is 1.59 bits per heavy atom. The second-order valence-corrected chi connectivity index (χ2v) is 5.54. The number of carboxylic acids is 1. The second kappa shape index (κ2) is 6.43. The minimum atomic E-state index is -0.951. The lowest BCUT2D eigenvalue weighted by Gasteiger charge is -2.12. The molecule has 114 valence electrons. The first-order valence-corrected chi connectivity index (χ1v) is 7.13. The van der Waals surface area contributed by atoms with Crippen molar-refractivity contribution >= 4 is 11.9 Å². The summed E-state index contributed by atoms with van der Waals surface area (Å²) < 4.78 is 0. The quantitative estimate of drug-likeness (QED) is 0.907. The van der Waals surface area contributed by atoms with Gasteiger partial charge in [-0.1, -0.05) is 18.2 Å². The third kappa shape index (κ3) is 3.52. The maximum absolute atomic E-state index is 12.1. The van der Waals surface area contributed by atoms with Crippen LogP contribution in [0.15, 0.2) is 42.5 Å². The topological polar surface area (TPSA) is 66.4 Å². The maximum atomic E-state index is 12.1. The van der Waals surface area contributed by atoms with Gasteiger partial charge in [0, 0.05) is 11.6 Å². The number of aryl methyl sites for hydroxylation is 1.